The fraction of sp³-hybridized carbons (Fsp3) is 0.286. The monoisotopic (exact) mass is 367 g/mol. The molecule has 2 amide bonds. The van der Waals surface area contributed by atoms with Crippen LogP contribution in [0, 0.1) is 0 Å². The summed E-state index contributed by atoms with van der Waals surface area (Å²) in [6, 6.07) is 14.3. The Kier molecular flexibility index (Phi) is 7.55. The Morgan fingerprint density at radius 3 is 2.33 bits per heavy atom. The molecule has 0 bridgehead atoms. The zero-order chi connectivity index (χ0) is 19.6. The average Bonchev–Trinajstić information content (AvgIpc) is 2.66. The molecule has 2 rings (SSSR count). The van der Waals surface area contributed by atoms with Crippen LogP contribution in [0.3, 0.4) is 0 Å². The van der Waals surface area contributed by atoms with Gasteiger partial charge in [-0.05, 0) is 24.6 Å². The maximum absolute atomic E-state index is 13.0. The van der Waals surface area contributed by atoms with Gasteiger partial charge in [-0.2, -0.15) is 0 Å². The SMILES string of the molecule is CCCCN=C(C(=O)Nc1ccccc1OC)c1ccccc1NC(C)=O. The Balaban J connectivity index is 2.39. The van der Waals surface area contributed by atoms with Crippen LogP contribution in [0.2, 0.25) is 0 Å². The summed E-state index contributed by atoms with van der Waals surface area (Å²) in [5.74, 6) is 0.00260. The maximum atomic E-state index is 13.0. The van der Waals surface area contributed by atoms with Gasteiger partial charge in [0.05, 0.1) is 18.5 Å². The molecular formula is C21H25N3O3. The molecule has 2 N–H and O–H groups in total. The van der Waals surface area contributed by atoms with E-state index in [0.29, 0.717) is 29.2 Å². The Morgan fingerprint density at radius 1 is 1.00 bits per heavy atom. The lowest BCUT2D eigenvalue weighted by molar-refractivity contribution is -0.114. The summed E-state index contributed by atoms with van der Waals surface area (Å²) >= 11 is 0. The van der Waals surface area contributed by atoms with Crippen LogP contribution in [0.1, 0.15) is 32.3 Å². The lowest BCUT2D eigenvalue weighted by atomic mass is 10.1. The molecule has 0 aliphatic heterocycles. The number of methoxy groups -OCH3 is 1. The summed E-state index contributed by atoms with van der Waals surface area (Å²) in [4.78, 5) is 29.0. The van der Waals surface area contributed by atoms with Gasteiger partial charge in [-0.25, -0.2) is 0 Å². The molecule has 0 fully saturated rings. The van der Waals surface area contributed by atoms with Crippen molar-refractivity contribution < 1.29 is 14.3 Å². The number of amides is 2. The highest BCUT2D eigenvalue weighted by atomic mass is 16.5. The van der Waals surface area contributed by atoms with Crippen LogP contribution in [0.15, 0.2) is 53.5 Å². The molecule has 6 heteroatoms. The number of hydrogen-bond acceptors (Lipinski definition) is 4. The molecule has 0 heterocycles. The number of para-hydroxylation sites is 3. The Bertz CT molecular complexity index is 831. The number of ether oxygens (including phenoxy) is 1. The van der Waals surface area contributed by atoms with Crippen molar-refractivity contribution in [2.75, 3.05) is 24.3 Å². The highest BCUT2D eigenvalue weighted by Crippen LogP contribution is 2.24. The minimum atomic E-state index is -0.353. The van der Waals surface area contributed by atoms with Crippen molar-refractivity contribution in [3.63, 3.8) is 0 Å². The summed E-state index contributed by atoms with van der Waals surface area (Å²) in [6.07, 6.45) is 1.84. The highest BCUT2D eigenvalue weighted by molar-refractivity contribution is 6.50. The molecule has 0 atom stereocenters. The molecule has 27 heavy (non-hydrogen) atoms. The summed E-state index contributed by atoms with van der Waals surface area (Å²) in [7, 11) is 1.55. The number of rotatable bonds is 8. The van der Waals surface area contributed by atoms with Gasteiger partial charge in [0.15, 0.2) is 0 Å². The third-order valence-corrected chi connectivity index (χ3v) is 3.84. The number of carbonyl (C=O) groups excluding carboxylic acids is 2. The van der Waals surface area contributed by atoms with Crippen LogP contribution in [0.4, 0.5) is 11.4 Å². The molecule has 0 unspecified atom stereocenters. The van der Waals surface area contributed by atoms with Gasteiger partial charge >= 0.3 is 0 Å². The first-order valence-electron chi connectivity index (χ1n) is 8.92. The third kappa shape index (κ3) is 5.67. The van der Waals surface area contributed by atoms with E-state index in [1.54, 1.807) is 37.4 Å². The van der Waals surface area contributed by atoms with Gasteiger partial charge in [0.2, 0.25) is 5.91 Å². The second-order valence-corrected chi connectivity index (χ2v) is 5.97. The van der Waals surface area contributed by atoms with Crippen molar-refractivity contribution in [1.29, 1.82) is 0 Å². The largest absolute Gasteiger partial charge is 0.495 e. The molecule has 0 saturated heterocycles. The van der Waals surface area contributed by atoms with Crippen molar-refractivity contribution in [2.45, 2.75) is 26.7 Å². The predicted molar refractivity (Wildman–Crippen MR) is 109 cm³/mol. The van der Waals surface area contributed by atoms with Crippen LogP contribution in [-0.2, 0) is 9.59 Å². The van der Waals surface area contributed by atoms with Gasteiger partial charge in [-0.3, -0.25) is 14.6 Å². The molecule has 0 spiro atoms. The molecular weight excluding hydrogens is 342 g/mol. The Labute approximate surface area is 159 Å². The Hall–Kier alpha value is -3.15. The van der Waals surface area contributed by atoms with Crippen LogP contribution in [-0.4, -0.2) is 31.2 Å². The molecule has 6 nitrogen and oxygen atoms in total. The van der Waals surface area contributed by atoms with Gasteiger partial charge < -0.3 is 15.4 Å². The first kappa shape index (κ1) is 20.2. The fourth-order valence-corrected chi connectivity index (χ4v) is 2.55. The zero-order valence-corrected chi connectivity index (χ0v) is 15.9. The first-order chi connectivity index (χ1) is 13.1. The average molecular weight is 367 g/mol. The normalized spacial score (nSPS) is 11.0. The standard InChI is InChI=1S/C21H25N3O3/c1-4-5-14-22-20(16-10-6-7-11-17(16)23-15(2)25)21(26)24-18-12-8-9-13-19(18)27-3/h6-13H,4-5,14H2,1-3H3,(H,23,25)(H,24,26). The number of nitrogens with zero attached hydrogens (tertiary/aromatic N) is 1. The number of carbonyl (C=O) groups is 2. The van der Waals surface area contributed by atoms with Gasteiger partial charge in [0.1, 0.15) is 11.5 Å². The minimum absolute atomic E-state index is 0.208. The maximum Gasteiger partial charge on any atom is 0.274 e. The summed E-state index contributed by atoms with van der Waals surface area (Å²) in [5.41, 5.74) is 1.97. The van der Waals surface area contributed by atoms with Crippen molar-refractivity contribution in [2.24, 2.45) is 4.99 Å². The van der Waals surface area contributed by atoms with Gasteiger partial charge in [-0.15, -0.1) is 0 Å². The molecule has 2 aromatic carbocycles. The Morgan fingerprint density at radius 2 is 1.67 bits per heavy atom. The molecule has 0 saturated carbocycles. The van der Waals surface area contributed by atoms with Crippen LogP contribution >= 0.6 is 0 Å². The number of unbranched alkanes of at least 4 members (excludes halogenated alkanes) is 1. The molecule has 0 radical (unpaired) electrons. The van der Waals surface area contributed by atoms with E-state index in [1.165, 1.54) is 6.92 Å². The fourth-order valence-electron chi connectivity index (χ4n) is 2.55. The van der Waals surface area contributed by atoms with E-state index >= 15 is 0 Å². The minimum Gasteiger partial charge on any atom is -0.495 e. The van der Waals surface area contributed by atoms with Crippen molar-refractivity contribution >= 4 is 28.9 Å². The molecule has 2 aromatic rings. The second-order valence-electron chi connectivity index (χ2n) is 5.97. The number of aliphatic imine (C=N–C) groups is 1. The quantitative estimate of drug-likeness (QED) is 0.549. The topological polar surface area (TPSA) is 79.8 Å². The lowest BCUT2D eigenvalue weighted by Crippen LogP contribution is -2.26. The number of hydrogen-bond donors (Lipinski definition) is 2. The van der Waals surface area contributed by atoms with Gasteiger partial charge in [-0.1, -0.05) is 43.7 Å². The van der Waals surface area contributed by atoms with Gasteiger partial charge in [0, 0.05) is 19.0 Å². The van der Waals surface area contributed by atoms with Crippen molar-refractivity contribution in [3.8, 4) is 5.75 Å². The van der Waals surface area contributed by atoms with E-state index in [2.05, 4.69) is 22.5 Å². The van der Waals surface area contributed by atoms with Crippen molar-refractivity contribution in [1.82, 2.24) is 0 Å². The number of benzene rings is 2. The van der Waals surface area contributed by atoms with Gasteiger partial charge in [0.25, 0.3) is 5.91 Å². The van der Waals surface area contributed by atoms with Crippen molar-refractivity contribution in [3.05, 3.63) is 54.1 Å². The van der Waals surface area contributed by atoms with Crippen LogP contribution in [0.5, 0.6) is 5.75 Å². The van der Waals surface area contributed by atoms with E-state index in [9.17, 15) is 9.59 Å². The van der Waals surface area contributed by atoms with E-state index in [1.807, 2.05) is 18.2 Å². The predicted octanol–water partition coefficient (Wildman–Crippen LogP) is 3.88. The second kappa shape index (κ2) is 10.1. The lowest BCUT2D eigenvalue weighted by Gasteiger charge is -2.14. The summed E-state index contributed by atoms with van der Waals surface area (Å²) < 4.78 is 5.29. The smallest absolute Gasteiger partial charge is 0.274 e. The van der Waals surface area contributed by atoms with E-state index in [-0.39, 0.29) is 17.5 Å². The highest BCUT2D eigenvalue weighted by Gasteiger charge is 2.19. The molecule has 0 aliphatic rings. The summed E-state index contributed by atoms with van der Waals surface area (Å²) in [6.45, 7) is 4.02. The zero-order valence-electron chi connectivity index (χ0n) is 15.9. The third-order valence-electron chi connectivity index (χ3n) is 3.84. The number of anilines is 2. The summed E-state index contributed by atoms with van der Waals surface area (Å²) in [5, 5.41) is 5.62. The molecule has 0 aromatic heterocycles. The molecule has 142 valence electrons. The van der Waals surface area contributed by atoms with E-state index in [0.717, 1.165) is 12.8 Å². The van der Waals surface area contributed by atoms with Crippen LogP contribution in [0.25, 0.3) is 0 Å². The van der Waals surface area contributed by atoms with E-state index in [4.69, 9.17) is 4.74 Å². The molecule has 0 aliphatic carbocycles. The number of nitrogens with one attached hydrogen (secondary N) is 2. The first-order valence-corrected chi connectivity index (χ1v) is 8.92. The van der Waals surface area contributed by atoms with Crippen LogP contribution < -0.4 is 15.4 Å². The van der Waals surface area contributed by atoms with E-state index < -0.39 is 0 Å².